The highest BCUT2D eigenvalue weighted by molar-refractivity contribution is 5.84. The summed E-state index contributed by atoms with van der Waals surface area (Å²) in [7, 11) is 3.48. The minimum atomic E-state index is -0.532. The van der Waals surface area contributed by atoms with Crippen LogP contribution in [-0.4, -0.2) is 66.1 Å². The predicted octanol–water partition coefficient (Wildman–Crippen LogP) is 1.08. The Morgan fingerprint density at radius 3 is 2.68 bits per heavy atom. The Morgan fingerprint density at radius 1 is 1.25 bits per heavy atom. The van der Waals surface area contributed by atoms with Gasteiger partial charge in [-0.15, -0.1) is 0 Å². The van der Waals surface area contributed by atoms with Gasteiger partial charge >= 0.3 is 5.76 Å². The average Bonchev–Trinajstić information content (AvgIpc) is 3.01. The van der Waals surface area contributed by atoms with E-state index in [9.17, 15) is 14.4 Å². The second kappa shape index (κ2) is 7.09. The molecule has 4 rings (SSSR count). The van der Waals surface area contributed by atoms with E-state index in [1.165, 1.54) is 4.57 Å². The lowest BCUT2D eigenvalue weighted by Gasteiger charge is -2.47. The van der Waals surface area contributed by atoms with Gasteiger partial charge in [0.1, 0.15) is 6.54 Å². The zero-order valence-electron chi connectivity index (χ0n) is 16.2. The van der Waals surface area contributed by atoms with Gasteiger partial charge in [0.15, 0.2) is 5.58 Å². The van der Waals surface area contributed by atoms with Crippen molar-refractivity contribution in [2.75, 3.05) is 33.8 Å². The number of methoxy groups -OCH3 is 1. The number of piperidine rings is 2. The van der Waals surface area contributed by atoms with E-state index in [-0.39, 0.29) is 24.5 Å². The van der Waals surface area contributed by atoms with Crippen LogP contribution in [0.3, 0.4) is 0 Å². The number of likely N-dealkylation sites (N-methyl/N-ethyl adjacent to an activating group) is 1. The van der Waals surface area contributed by atoms with Gasteiger partial charge in [0.25, 0.3) is 0 Å². The van der Waals surface area contributed by atoms with E-state index in [1.54, 1.807) is 41.2 Å². The van der Waals surface area contributed by atoms with Gasteiger partial charge in [-0.2, -0.15) is 0 Å². The van der Waals surface area contributed by atoms with Gasteiger partial charge in [0.2, 0.25) is 11.8 Å². The number of likely N-dealkylation sites (tertiary alicyclic amines) is 2. The van der Waals surface area contributed by atoms with Crippen LogP contribution < -0.4 is 5.76 Å². The number of hydrogen-bond acceptors (Lipinski definition) is 5. The molecule has 1 unspecified atom stereocenters. The first kappa shape index (κ1) is 18.7. The quantitative estimate of drug-likeness (QED) is 0.787. The average molecular weight is 387 g/mol. The maximum Gasteiger partial charge on any atom is 0.420 e. The summed E-state index contributed by atoms with van der Waals surface area (Å²) in [5, 5.41) is 0. The lowest BCUT2D eigenvalue weighted by atomic mass is 9.71. The molecule has 2 aromatic rings. The van der Waals surface area contributed by atoms with Crippen molar-refractivity contribution < 1.29 is 18.7 Å². The molecule has 0 radical (unpaired) electrons. The van der Waals surface area contributed by atoms with Crippen molar-refractivity contribution in [3.05, 3.63) is 34.8 Å². The van der Waals surface area contributed by atoms with Crippen LogP contribution in [0.2, 0.25) is 0 Å². The fourth-order valence-electron chi connectivity index (χ4n) is 4.54. The number of ether oxygens (including phenoxy) is 1. The fourth-order valence-corrected chi connectivity index (χ4v) is 4.54. The molecule has 2 aliphatic rings. The summed E-state index contributed by atoms with van der Waals surface area (Å²) in [4.78, 5) is 41.2. The molecule has 0 N–H and O–H groups in total. The molecule has 1 spiro atoms. The van der Waals surface area contributed by atoms with E-state index in [2.05, 4.69) is 0 Å². The maximum absolute atomic E-state index is 12.8. The van der Waals surface area contributed by atoms with E-state index in [0.29, 0.717) is 50.0 Å². The van der Waals surface area contributed by atoms with Crippen molar-refractivity contribution in [3.8, 4) is 0 Å². The number of nitrogens with zero attached hydrogens (tertiary/aromatic N) is 3. The van der Waals surface area contributed by atoms with Crippen LogP contribution in [0.1, 0.15) is 19.3 Å². The summed E-state index contributed by atoms with van der Waals surface area (Å²) in [6, 6.07) is 7.06. The highest BCUT2D eigenvalue weighted by atomic mass is 16.5. The summed E-state index contributed by atoms with van der Waals surface area (Å²) < 4.78 is 12.1. The number of hydrogen-bond donors (Lipinski definition) is 0. The number of carbonyl (C=O) groups excluding carboxylic acids is 2. The topological polar surface area (TPSA) is 85.0 Å². The monoisotopic (exact) mass is 387 g/mol. The van der Waals surface area contributed by atoms with Crippen molar-refractivity contribution in [2.24, 2.45) is 5.41 Å². The van der Waals surface area contributed by atoms with Crippen molar-refractivity contribution in [1.29, 1.82) is 0 Å². The van der Waals surface area contributed by atoms with E-state index in [1.807, 2.05) is 7.05 Å². The molecule has 8 heteroatoms. The second-order valence-electron chi connectivity index (χ2n) is 7.83. The first-order valence-electron chi connectivity index (χ1n) is 9.58. The van der Waals surface area contributed by atoms with Gasteiger partial charge in [-0.3, -0.25) is 14.2 Å². The number of aromatic nitrogens is 1. The summed E-state index contributed by atoms with van der Waals surface area (Å²) in [5.41, 5.74) is 0.629. The molecule has 1 aromatic heterocycles. The molecule has 8 nitrogen and oxygen atoms in total. The van der Waals surface area contributed by atoms with Crippen LogP contribution in [0.25, 0.3) is 11.1 Å². The molecule has 28 heavy (non-hydrogen) atoms. The number of benzene rings is 1. The Bertz CT molecular complexity index is 954. The highest BCUT2D eigenvalue weighted by Gasteiger charge is 2.48. The normalized spacial score (nSPS) is 22.2. The van der Waals surface area contributed by atoms with Crippen molar-refractivity contribution in [2.45, 2.75) is 31.9 Å². The molecule has 1 aromatic carbocycles. The third-order valence-corrected chi connectivity index (χ3v) is 6.17. The number of para-hydroxylation sites is 2. The first-order valence-corrected chi connectivity index (χ1v) is 9.58. The standard InChI is InChI=1S/C20H25N3O5/c1-21-12-14(27-2)11-20(18(21)25)7-9-22(10-8-20)17(24)13-23-15-5-3-4-6-16(15)28-19(23)26/h3-6,14H,7-13H2,1-2H3. The van der Waals surface area contributed by atoms with Gasteiger partial charge in [-0.1, -0.05) is 12.1 Å². The zero-order valence-corrected chi connectivity index (χ0v) is 16.2. The minimum absolute atomic E-state index is 0.0285. The summed E-state index contributed by atoms with van der Waals surface area (Å²) in [5.74, 6) is -0.525. The molecule has 0 saturated carbocycles. The summed E-state index contributed by atoms with van der Waals surface area (Å²) >= 11 is 0. The molecule has 150 valence electrons. The molecule has 2 saturated heterocycles. The molecule has 0 aliphatic carbocycles. The Labute approximate surface area is 162 Å². The summed E-state index contributed by atoms with van der Waals surface area (Å²) in [6.07, 6.45) is 1.95. The van der Waals surface area contributed by atoms with Crippen LogP contribution in [-0.2, 0) is 20.9 Å². The number of carbonyl (C=O) groups is 2. The third kappa shape index (κ3) is 3.11. The Morgan fingerprint density at radius 2 is 1.96 bits per heavy atom. The van der Waals surface area contributed by atoms with E-state index in [4.69, 9.17) is 9.15 Å². The minimum Gasteiger partial charge on any atom is -0.408 e. The SMILES string of the molecule is COC1CN(C)C(=O)C2(CCN(C(=O)Cn3c(=O)oc4ccccc43)CC2)C1. The number of oxazole rings is 1. The van der Waals surface area contributed by atoms with E-state index in [0.717, 1.165) is 0 Å². The van der Waals surface area contributed by atoms with Crippen LogP contribution in [0.15, 0.2) is 33.5 Å². The van der Waals surface area contributed by atoms with E-state index < -0.39 is 11.2 Å². The van der Waals surface area contributed by atoms with Gasteiger partial charge in [-0.05, 0) is 31.4 Å². The molecule has 0 bridgehead atoms. The number of amides is 2. The van der Waals surface area contributed by atoms with Gasteiger partial charge < -0.3 is 19.0 Å². The maximum atomic E-state index is 12.8. The van der Waals surface area contributed by atoms with Gasteiger partial charge in [-0.25, -0.2) is 4.79 Å². The Kier molecular flexibility index (Phi) is 4.74. The van der Waals surface area contributed by atoms with E-state index >= 15 is 0 Å². The van der Waals surface area contributed by atoms with Crippen LogP contribution >= 0.6 is 0 Å². The predicted molar refractivity (Wildman–Crippen MR) is 102 cm³/mol. The second-order valence-corrected chi connectivity index (χ2v) is 7.83. The van der Waals surface area contributed by atoms with Crippen LogP contribution in [0.5, 0.6) is 0 Å². The van der Waals surface area contributed by atoms with Crippen molar-refractivity contribution >= 4 is 22.9 Å². The molecular weight excluding hydrogens is 362 g/mol. The molecule has 2 aliphatic heterocycles. The largest absolute Gasteiger partial charge is 0.420 e. The molecule has 2 amide bonds. The van der Waals surface area contributed by atoms with Crippen LogP contribution in [0, 0.1) is 5.41 Å². The third-order valence-electron chi connectivity index (χ3n) is 6.17. The number of fused-ring (bicyclic) bond motifs is 1. The molecule has 3 heterocycles. The number of rotatable bonds is 3. The van der Waals surface area contributed by atoms with Gasteiger partial charge in [0.05, 0.1) is 17.0 Å². The Balaban J connectivity index is 1.46. The highest BCUT2D eigenvalue weighted by Crippen LogP contribution is 2.41. The summed E-state index contributed by atoms with van der Waals surface area (Å²) in [6.45, 7) is 1.55. The smallest absolute Gasteiger partial charge is 0.408 e. The molecule has 1 atom stereocenters. The van der Waals surface area contributed by atoms with Crippen LogP contribution in [0.4, 0.5) is 0 Å². The molecule has 2 fully saturated rings. The lowest BCUT2D eigenvalue weighted by molar-refractivity contribution is -0.158. The molecular formula is C20H25N3O5. The first-order chi connectivity index (χ1) is 13.4. The van der Waals surface area contributed by atoms with Gasteiger partial charge in [0, 0.05) is 33.8 Å². The Hall–Kier alpha value is -2.61. The van der Waals surface area contributed by atoms with Crippen molar-refractivity contribution in [3.63, 3.8) is 0 Å². The fraction of sp³-hybridized carbons (Fsp3) is 0.550. The zero-order chi connectivity index (χ0) is 19.9. The lowest BCUT2D eigenvalue weighted by Crippen LogP contribution is -2.57. The van der Waals surface area contributed by atoms with Crippen molar-refractivity contribution in [1.82, 2.24) is 14.4 Å².